The van der Waals surface area contributed by atoms with Crippen molar-refractivity contribution in [1.82, 2.24) is 5.32 Å². The van der Waals surface area contributed by atoms with E-state index in [4.69, 9.17) is 5.73 Å². The summed E-state index contributed by atoms with van der Waals surface area (Å²) in [4.78, 5) is 0. The van der Waals surface area contributed by atoms with Crippen LogP contribution < -0.4 is 11.1 Å². The van der Waals surface area contributed by atoms with Gasteiger partial charge in [-0.2, -0.15) is 0 Å². The van der Waals surface area contributed by atoms with E-state index in [9.17, 15) is 0 Å². The maximum absolute atomic E-state index is 5.89. The maximum Gasteiger partial charge on any atom is 0.00992 e. The van der Waals surface area contributed by atoms with Crippen molar-refractivity contribution < 1.29 is 0 Å². The lowest BCUT2D eigenvalue weighted by Gasteiger charge is -2.10. The van der Waals surface area contributed by atoms with Crippen molar-refractivity contribution in [2.45, 2.75) is 57.5 Å². The molecule has 0 heterocycles. The number of hydrogen-bond donors (Lipinski definition) is 2. The normalized spacial score (nSPS) is 41.6. The quantitative estimate of drug-likeness (QED) is 0.704. The van der Waals surface area contributed by atoms with Gasteiger partial charge in [0.1, 0.15) is 0 Å². The molecule has 0 aromatic carbocycles. The summed E-state index contributed by atoms with van der Waals surface area (Å²) in [5, 5.41) is 3.70. The summed E-state index contributed by atoms with van der Waals surface area (Å²) in [6, 6.07) is 1.35. The zero-order chi connectivity index (χ0) is 9.97. The van der Waals surface area contributed by atoms with E-state index in [1.54, 1.807) is 0 Å². The van der Waals surface area contributed by atoms with Gasteiger partial charge in [0.15, 0.2) is 0 Å². The first-order valence-corrected chi connectivity index (χ1v) is 6.28. The summed E-state index contributed by atoms with van der Waals surface area (Å²) >= 11 is 0. The van der Waals surface area contributed by atoms with Crippen molar-refractivity contribution in [2.24, 2.45) is 17.6 Å². The second-order valence-electron chi connectivity index (χ2n) is 5.24. The van der Waals surface area contributed by atoms with Crippen molar-refractivity contribution in [3.05, 3.63) is 0 Å². The van der Waals surface area contributed by atoms with Gasteiger partial charge >= 0.3 is 0 Å². The molecule has 2 aliphatic rings. The lowest BCUT2D eigenvalue weighted by molar-refractivity contribution is 0.468. The highest BCUT2D eigenvalue weighted by Crippen LogP contribution is 2.35. The van der Waals surface area contributed by atoms with Crippen LogP contribution in [0.4, 0.5) is 0 Å². The van der Waals surface area contributed by atoms with E-state index in [0.717, 1.165) is 17.9 Å². The highest BCUT2D eigenvalue weighted by atomic mass is 15.0. The van der Waals surface area contributed by atoms with Crippen LogP contribution >= 0.6 is 0 Å². The van der Waals surface area contributed by atoms with E-state index < -0.39 is 0 Å². The Morgan fingerprint density at radius 1 is 1.29 bits per heavy atom. The third-order valence-electron chi connectivity index (χ3n) is 3.83. The summed E-state index contributed by atoms with van der Waals surface area (Å²) in [5.41, 5.74) is 5.89. The monoisotopic (exact) mass is 196 g/mol. The molecular weight excluding hydrogens is 172 g/mol. The highest BCUT2D eigenvalue weighted by Gasteiger charge is 2.36. The van der Waals surface area contributed by atoms with Crippen LogP contribution in [0.3, 0.4) is 0 Å². The maximum atomic E-state index is 5.89. The van der Waals surface area contributed by atoms with Crippen LogP contribution in [0.5, 0.6) is 0 Å². The van der Waals surface area contributed by atoms with Crippen LogP contribution in [0.2, 0.25) is 0 Å². The molecule has 2 nitrogen and oxygen atoms in total. The molecule has 82 valence electrons. The van der Waals surface area contributed by atoms with Gasteiger partial charge in [-0.05, 0) is 50.5 Å². The lowest BCUT2D eigenvalue weighted by atomic mass is 10.1. The first-order chi connectivity index (χ1) is 6.79. The van der Waals surface area contributed by atoms with Crippen molar-refractivity contribution in [1.29, 1.82) is 0 Å². The molecule has 0 saturated heterocycles. The van der Waals surface area contributed by atoms with E-state index in [2.05, 4.69) is 12.2 Å². The van der Waals surface area contributed by atoms with E-state index in [0.29, 0.717) is 6.04 Å². The van der Waals surface area contributed by atoms with Crippen molar-refractivity contribution in [3.63, 3.8) is 0 Å². The molecule has 2 saturated carbocycles. The number of rotatable bonds is 5. The predicted molar refractivity (Wildman–Crippen MR) is 60.1 cm³/mol. The zero-order valence-corrected chi connectivity index (χ0v) is 9.34. The Kier molecular flexibility index (Phi) is 3.45. The summed E-state index contributed by atoms with van der Waals surface area (Å²) in [5.74, 6) is 1.86. The smallest absolute Gasteiger partial charge is 0.00992 e. The van der Waals surface area contributed by atoms with Gasteiger partial charge < -0.3 is 11.1 Å². The van der Waals surface area contributed by atoms with Gasteiger partial charge in [-0.15, -0.1) is 0 Å². The molecule has 2 rings (SSSR count). The number of nitrogens with two attached hydrogens (primary N) is 1. The Morgan fingerprint density at radius 3 is 2.79 bits per heavy atom. The molecule has 4 atom stereocenters. The molecule has 2 aliphatic carbocycles. The largest absolute Gasteiger partial charge is 0.328 e. The minimum absolute atomic E-state index is 0.493. The molecule has 14 heavy (non-hydrogen) atoms. The van der Waals surface area contributed by atoms with Crippen LogP contribution in [-0.2, 0) is 0 Å². The molecule has 0 aromatic heterocycles. The van der Waals surface area contributed by atoms with E-state index in [1.165, 1.54) is 45.1 Å². The van der Waals surface area contributed by atoms with Crippen LogP contribution in [-0.4, -0.2) is 18.6 Å². The molecule has 3 N–H and O–H groups in total. The highest BCUT2D eigenvalue weighted by molar-refractivity contribution is 4.93. The Hall–Kier alpha value is -0.0800. The molecule has 0 aliphatic heterocycles. The SMILES string of the molecule is CCCC1CC1NCC1CCC(N)C1. The molecule has 4 unspecified atom stereocenters. The molecule has 0 amide bonds. The van der Waals surface area contributed by atoms with Gasteiger partial charge in [-0.1, -0.05) is 13.3 Å². The Morgan fingerprint density at radius 2 is 2.14 bits per heavy atom. The van der Waals surface area contributed by atoms with E-state index in [-0.39, 0.29) is 0 Å². The Bertz CT molecular complexity index is 181. The topological polar surface area (TPSA) is 38.0 Å². The third kappa shape index (κ3) is 2.71. The predicted octanol–water partition coefficient (Wildman–Crippen LogP) is 1.89. The second kappa shape index (κ2) is 4.63. The van der Waals surface area contributed by atoms with Crippen molar-refractivity contribution in [3.8, 4) is 0 Å². The molecule has 2 heteroatoms. The van der Waals surface area contributed by atoms with Crippen LogP contribution in [0, 0.1) is 11.8 Å². The van der Waals surface area contributed by atoms with Crippen LogP contribution in [0.25, 0.3) is 0 Å². The minimum Gasteiger partial charge on any atom is -0.328 e. The van der Waals surface area contributed by atoms with Gasteiger partial charge in [0.05, 0.1) is 0 Å². The Balaban J connectivity index is 1.56. The molecule has 0 spiro atoms. The average molecular weight is 196 g/mol. The third-order valence-corrected chi connectivity index (χ3v) is 3.83. The van der Waals surface area contributed by atoms with Crippen molar-refractivity contribution in [2.75, 3.05) is 6.54 Å². The first kappa shape index (κ1) is 10.4. The fourth-order valence-electron chi connectivity index (χ4n) is 2.80. The summed E-state index contributed by atoms with van der Waals surface area (Å²) in [7, 11) is 0. The average Bonchev–Trinajstić information content (AvgIpc) is 2.77. The zero-order valence-electron chi connectivity index (χ0n) is 9.34. The Labute approximate surface area is 87.6 Å². The van der Waals surface area contributed by atoms with Gasteiger partial charge in [-0.3, -0.25) is 0 Å². The van der Waals surface area contributed by atoms with Crippen molar-refractivity contribution >= 4 is 0 Å². The van der Waals surface area contributed by atoms with Crippen LogP contribution in [0.1, 0.15) is 45.4 Å². The summed E-state index contributed by atoms with van der Waals surface area (Å²) < 4.78 is 0. The van der Waals surface area contributed by atoms with E-state index >= 15 is 0 Å². The minimum atomic E-state index is 0.493. The van der Waals surface area contributed by atoms with E-state index in [1.807, 2.05) is 0 Å². The molecule has 0 radical (unpaired) electrons. The number of nitrogens with one attached hydrogen (secondary N) is 1. The summed E-state index contributed by atoms with van der Waals surface area (Å²) in [6.07, 6.45) is 8.03. The van der Waals surface area contributed by atoms with Crippen LogP contribution in [0.15, 0.2) is 0 Å². The van der Waals surface area contributed by atoms with Gasteiger partial charge in [0.25, 0.3) is 0 Å². The second-order valence-corrected chi connectivity index (χ2v) is 5.24. The van der Waals surface area contributed by atoms with Gasteiger partial charge in [0.2, 0.25) is 0 Å². The lowest BCUT2D eigenvalue weighted by Crippen LogP contribution is -2.26. The first-order valence-electron chi connectivity index (χ1n) is 6.28. The molecule has 2 fully saturated rings. The molecule has 0 aromatic rings. The number of hydrogen-bond acceptors (Lipinski definition) is 2. The molecule has 0 bridgehead atoms. The fourth-order valence-corrected chi connectivity index (χ4v) is 2.80. The van der Waals surface area contributed by atoms with Gasteiger partial charge in [-0.25, -0.2) is 0 Å². The fraction of sp³-hybridized carbons (Fsp3) is 1.00. The molecular formula is C12H24N2. The summed E-state index contributed by atoms with van der Waals surface area (Å²) in [6.45, 7) is 3.50. The van der Waals surface area contributed by atoms with Gasteiger partial charge in [0, 0.05) is 12.1 Å². The standard InChI is InChI=1S/C12H24N2/c1-2-3-10-7-12(10)14-8-9-4-5-11(13)6-9/h9-12,14H,2-8,13H2,1H3.